The molecule has 0 saturated heterocycles. The zero-order valence-corrected chi connectivity index (χ0v) is 18.2. The van der Waals surface area contributed by atoms with E-state index in [1.807, 2.05) is 48.5 Å². The third kappa shape index (κ3) is 6.06. The maximum absolute atomic E-state index is 12.2. The molecule has 0 fully saturated rings. The van der Waals surface area contributed by atoms with E-state index in [4.69, 9.17) is 22.1 Å². The lowest BCUT2D eigenvalue weighted by atomic mass is 9.92. The van der Waals surface area contributed by atoms with E-state index in [0.29, 0.717) is 17.3 Å². The van der Waals surface area contributed by atoms with E-state index in [-0.39, 0.29) is 24.0 Å². The van der Waals surface area contributed by atoms with Gasteiger partial charge in [-0.2, -0.15) is 5.10 Å². The number of benzene rings is 2. The molecule has 1 unspecified atom stereocenters. The largest absolute Gasteiger partial charge is 0.492 e. The minimum Gasteiger partial charge on any atom is -0.492 e. The second kappa shape index (κ2) is 10.1. The molecule has 3 N–H and O–H groups in total. The van der Waals surface area contributed by atoms with Gasteiger partial charge in [0.15, 0.2) is 0 Å². The van der Waals surface area contributed by atoms with Gasteiger partial charge in [0.25, 0.3) is 0 Å². The second-order valence-electron chi connectivity index (χ2n) is 6.93. The summed E-state index contributed by atoms with van der Waals surface area (Å²) in [4.78, 5) is 0.125. The average molecular weight is 449 g/mol. The normalized spacial score (nSPS) is 12.6. The molecular weight excluding hydrogens is 424 g/mol. The van der Waals surface area contributed by atoms with Gasteiger partial charge in [-0.05, 0) is 48.4 Å². The van der Waals surface area contributed by atoms with E-state index in [2.05, 4.69) is 9.82 Å². The Hall–Kier alpha value is -2.39. The molecule has 0 aliphatic heterocycles. The van der Waals surface area contributed by atoms with Crippen LogP contribution in [0.5, 0.6) is 5.75 Å². The molecule has 30 heavy (non-hydrogen) atoms. The van der Waals surface area contributed by atoms with Gasteiger partial charge in [-0.1, -0.05) is 35.9 Å². The molecule has 9 heteroatoms. The molecular formula is C21H25ClN4O3S. The lowest BCUT2D eigenvalue weighted by molar-refractivity contribution is 0.322. The van der Waals surface area contributed by atoms with E-state index in [1.54, 1.807) is 7.05 Å². The van der Waals surface area contributed by atoms with Gasteiger partial charge in [0.1, 0.15) is 17.3 Å². The van der Waals surface area contributed by atoms with Crippen LogP contribution in [-0.4, -0.2) is 37.9 Å². The van der Waals surface area contributed by atoms with Crippen LogP contribution in [0.2, 0.25) is 5.02 Å². The summed E-state index contributed by atoms with van der Waals surface area (Å²) in [7, 11) is -1.93. The Labute approximate surface area is 181 Å². The summed E-state index contributed by atoms with van der Waals surface area (Å²) >= 11 is 5.96. The van der Waals surface area contributed by atoms with E-state index < -0.39 is 10.0 Å². The summed E-state index contributed by atoms with van der Waals surface area (Å²) in [6.07, 6.45) is 3.54. The van der Waals surface area contributed by atoms with Crippen LogP contribution in [0.1, 0.15) is 17.0 Å². The minimum atomic E-state index is -3.60. The van der Waals surface area contributed by atoms with Gasteiger partial charge in [-0.15, -0.1) is 0 Å². The number of sulfonamides is 1. The SMILES string of the molecule is Cn1cc(S(=O)(=O)NCCOc2cccc(C(CN)Cc3ccc(Cl)cc3)c2)cn1. The van der Waals surface area contributed by atoms with Gasteiger partial charge in [0, 0.05) is 30.7 Å². The van der Waals surface area contributed by atoms with Crippen molar-refractivity contribution in [3.05, 3.63) is 77.1 Å². The predicted molar refractivity (Wildman–Crippen MR) is 117 cm³/mol. The van der Waals surface area contributed by atoms with Crippen molar-refractivity contribution >= 4 is 21.6 Å². The van der Waals surface area contributed by atoms with Crippen molar-refractivity contribution in [2.45, 2.75) is 17.2 Å². The fourth-order valence-electron chi connectivity index (χ4n) is 3.07. The number of aromatic nitrogens is 2. The summed E-state index contributed by atoms with van der Waals surface area (Å²) in [6.45, 7) is 0.844. The van der Waals surface area contributed by atoms with E-state index in [9.17, 15) is 8.42 Å². The van der Waals surface area contributed by atoms with Crippen LogP contribution >= 0.6 is 11.6 Å². The van der Waals surface area contributed by atoms with Crippen LogP contribution in [0.3, 0.4) is 0 Å². The van der Waals surface area contributed by atoms with Gasteiger partial charge >= 0.3 is 0 Å². The number of rotatable bonds is 10. The van der Waals surface area contributed by atoms with Gasteiger partial charge in [0.2, 0.25) is 10.0 Å². The number of hydrogen-bond acceptors (Lipinski definition) is 5. The molecule has 0 amide bonds. The summed E-state index contributed by atoms with van der Waals surface area (Å²) in [5.41, 5.74) is 8.24. The molecule has 0 aliphatic rings. The highest BCUT2D eigenvalue weighted by atomic mass is 35.5. The fourth-order valence-corrected chi connectivity index (χ4v) is 4.19. The van der Waals surface area contributed by atoms with Crippen molar-refractivity contribution in [2.75, 3.05) is 19.7 Å². The summed E-state index contributed by atoms with van der Waals surface area (Å²) in [5.74, 6) is 0.807. The van der Waals surface area contributed by atoms with Crippen LogP contribution in [0.15, 0.2) is 65.8 Å². The van der Waals surface area contributed by atoms with Gasteiger partial charge in [0.05, 0.1) is 6.20 Å². The zero-order chi connectivity index (χ0) is 21.6. The molecule has 1 atom stereocenters. The standard InChI is InChI=1S/C21H25ClN4O3S/c1-26-15-21(14-24-26)30(27,28)25-9-10-29-20-4-2-3-17(12-20)18(13-23)11-16-5-7-19(22)8-6-16/h2-8,12,14-15,18,25H,9-11,13,23H2,1H3. The maximum Gasteiger partial charge on any atom is 0.243 e. The minimum absolute atomic E-state index is 0.125. The Morgan fingerprint density at radius 1 is 1.23 bits per heavy atom. The summed E-state index contributed by atoms with van der Waals surface area (Å²) in [6, 6.07) is 15.5. The van der Waals surface area contributed by atoms with Crippen molar-refractivity contribution < 1.29 is 13.2 Å². The van der Waals surface area contributed by atoms with Gasteiger partial charge < -0.3 is 10.5 Å². The van der Waals surface area contributed by atoms with Crippen molar-refractivity contribution in [3.8, 4) is 5.75 Å². The molecule has 0 radical (unpaired) electrons. The quantitative estimate of drug-likeness (QED) is 0.464. The first-order valence-corrected chi connectivity index (χ1v) is 11.4. The van der Waals surface area contributed by atoms with E-state index in [1.165, 1.54) is 17.1 Å². The molecule has 0 spiro atoms. The predicted octanol–water partition coefficient (Wildman–Crippen LogP) is 2.72. The highest BCUT2D eigenvalue weighted by Crippen LogP contribution is 2.24. The van der Waals surface area contributed by atoms with Crippen LogP contribution in [0.25, 0.3) is 0 Å². The molecule has 160 valence electrons. The number of ether oxygens (including phenoxy) is 1. The monoisotopic (exact) mass is 448 g/mol. The zero-order valence-electron chi connectivity index (χ0n) is 16.7. The number of nitrogens with two attached hydrogens (primary N) is 1. The highest BCUT2D eigenvalue weighted by Gasteiger charge is 2.15. The fraction of sp³-hybridized carbons (Fsp3) is 0.286. The molecule has 3 rings (SSSR count). The Balaban J connectivity index is 1.56. The van der Waals surface area contributed by atoms with E-state index in [0.717, 1.165) is 17.5 Å². The van der Waals surface area contributed by atoms with Crippen molar-refractivity contribution in [1.82, 2.24) is 14.5 Å². The summed E-state index contributed by atoms with van der Waals surface area (Å²) in [5, 5.41) is 4.58. The number of halogens is 1. The lowest BCUT2D eigenvalue weighted by Crippen LogP contribution is -2.28. The molecule has 7 nitrogen and oxygen atoms in total. The molecule has 0 bridgehead atoms. The van der Waals surface area contributed by atoms with Crippen molar-refractivity contribution in [3.63, 3.8) is 0 Å². The van der Waals surface area contributed by atoms with Gasteiger partial charge in [-0.3, -0.25) is 4.68 Å². The van der Waals surface area contributed by atoms with Crippen LogP contribution in [0, 0.1) is 0 Å². The van der Waals surface area contributed by atoms with Crippen molar-refractivity contribution in [2.24, 2.45) is 12.8 Å². The number of hydrogen-bond donors (Lipinski definition) is 2. The van der Waals surface area contributed by atoms with Crippen molar-refractivity contribution in [1.29, 1.82) is 0 Å². The molecule has 3 aromatic rings. The smallest absolute Gasteiger partial charge is 0.243 e. The Morgan fingerprint density at radius 3 is 2.67 bits per heavy atom. The summed E-state index contributed by atoms with van der Waals surface area (Å²) < 4.78 is 34.1. The van der Waals surface area contributed by atoms with Crippen LogP contribution in [-0.2, 0) is 23.5 Å². The average Bonchev–Trinajstić information content (AvgIpc) is 3.18. The number of nitrogens with zero attached hydrogens (tertiary/aromatic N) is 2. The first-order valence-electron chi connectivity index (χ1n) is 9.53. The second-order valence-corrected chi connectivity index (χ2v) is 9.14. The van der Waals surface area contributed by atoms with E-state index >= 15 is 0 Å². The molecule has 1 heterocycles. The van der Waals surface area contributed by atoms with Crippen LogP contribution < -0.4 is 15.2 Å². The molecule has 0 saturated carbocycles. The topological polar surface area (TPSA) is 99.2 Å². The molecule has 0 aliphatic carbocycles. The Kier molecular flexibility index (Phi) is 7.49. The third-order valence-electron chi connectivity index (χ3n) is 4.66. The first kappa shape index (κ1) is 22.3. The molecule has 2 aromatic carbocycles. The highest BCUT2D eigenvalue weighted by molar-refractivity contribution is 7.89. The number of aryl methyl sites for hydroxylation is 1. The molecule has 1 aromatic heterocycles. The number of nitrogens with one attached hydrogen (secondary N) is 1. The third-order valence-corrected chi connectivity index (χ3v) is 6.33. The first-order chi connectivity index (χ1) is 14.4. The Morgan fingerprint density at radius 2 is 2.00 bits per heavy atom. The maximum atomic E-state index is 12.2. The van der Waals surface area contributed by atoms with Crippen LogP contribution in [0.4, 0.5) is 0 Å². The Bertz CT molecular complexity index is 1070. The van der Waals surface area contributed by atoms with Gasteiger partial charge in [-0.25, -0.2) is 13.1 Å². The lowest BCUT2D eigenvalue weighted by Gasteiger charge is -2.17.